The van der Waals surface area contributed by atoms with Crippen molar-refractivity contribution in [3.8, 4) is 5.75 Å². The zero-order valence-corrected chi connectivity index (χ0v) is 16.1. The molecule has 4 rings (SSSR count). The molecule has 3 heterocycles. The molecule has 1 aliphatic rings. The normalized spacial score (nSPS) is 15.3. The molecule has 0 saturated carbocycles. The summed E-state index contributed by atoms with van der Waals surface area (Å²) in [5.74, 6) is -1.12. The lowest BCUT2D eigenvalue weighted by molar-refractivity contribution is -0.274. The van der Waals surface area contributed by atoms with Crippen LogP contribution in [-0.2, 0) is 4.79 Å². The van der Waals surface area contributed by atoms with Crippen LogP contribution in [0.5, 0.6) is 5.75 Å². The van der Waals surface area contributed by atoms with E-state index < -0.39 is 12.1 Å². The average Bonchev–Trinajstić information content (AvgIpc) is 3.07. The number of rotatable bonds is 5. The maximum atomic E-state index is 12.3. The van der Waals surface area contributed by atoms with Crippen molar-refractivity contribution in [2.24, 2.45) is 0 Å². The number of ether oxygens (including phenoxy) is 1. The Morgan fingerprint density at radius 3 is 2.58 bits per heavy atom. The number of carbonyl (C=O) groups excluding carboxylic acids is 1. The summed E-state index contributed by atoms with van der Waals surface area (Å²) < 4.78 is 45.6. The second-order valence-electron chi connectivity index (χ2n) is 6.94. The molecular weight excluding hydrogens is 419 g/mol. The molecule has 1 amide bonds. The molecule has 1 fully saturated rings. The summed E-state index contributed by atoms with van der Waals surface area (Å²) in [4.78, 5) is 33.9. The van der Waals surface area contributed by atoms with E-state index in [4.69, 9.17) is 4.42 Å². The summed E-state index contributed by atoms with van der Waals surface area (Å²) in [5, 5.41) is 2.72. The monoisotopic (exact) mass is 437 g/mol. The van der Waals surface area contributed by atoms with Crippen LogP contribution in [0.1, 0.15) is 0 Å². The summed E-state index contributed by atoms with van der Waals surface area (Å²) >= 11 is 0. The van der Waals surface area contributed by atoms with Gasteiger partial charge in [0, 0.05) is 37.9 Å². The van der Waals surface area contributed by atoms with Crippen LogP contribution in [0.15, 0.2) is 45.7 Å². The Hall–Kier alpha value is -3.54. The number of carbonyl (C=O) groups is 1. The Labute approximate surface area is 173 Å². The molecule has 3 aromatic rings. The van der Waals surface area contributed by atoms with Gasteiger partial charge in [-0.2, -0.15) is 0 Å². The largest absolute Gasteiger partial charge is 0.573 e. The second-order valence-corrected chi connectivity index (χ2v) is 6.94. The Balaban J connectivity index is 1.27. The minimum Gasteiger partial charge on any atom is -0.406 e. The third kappa shape index (κ3) is 5.34. The summed E-state index contributed by atoms with van der Waals surface area (Å²) in [6.45, 7) is 2.63. The van der Waals surface area contributed by atoms with E-state index in [1.807, 2.05) is 9.80 Å². The molecule has 0 spiro atoms. The molecule has 0 radical (unpaired) electrons. The number of nitrogens with one attached hydrogen (secondary N) is 2. The average molecular weight is 437 g/mol. The minimum absolute atomic E-state index is 0.168. The van der Waals surface area contributed by atoms with Crippen LogP contribution in [0.4, 0.5) is 24.5 Å². The van der Waals surface area contributed by atoms with Gasteiger partial charge >= 0.3 is 12.1 Å². The topological polar surface area (TPSA) is 104 Å². The van der Waals surface area contributed by atoms with Gasteiger partial charge in [-0.3, -0.25) is 14.7 Å². The lowest BCUT2D eigenvalue weighted by Crippen LogP contribution is -2.48. The zero-order valence-electron chi connectivity index (χ0n) is 16.1. The summed E-state index contributed by atoms with van der Waals surface area (Å²) in [7, 11) is 0. The molecule has 1 aliphatic heterocycles. The number of aromatic amines is 1. The van der Waals surface area contributed by atoms with Gasteiger partial charge in [-0.1, -0.05) is 0 Å². The van der Waals surface area contributed by atoms with Crippen LogP contribution >= 0.6 is 0 Å². The van der Waals surface area contributed by atoms with Gasteiger partial charge in [0.15, 0.2) is 11.2 Å². The number of pyridine rings is 1. The molecule has 164 valence electrons. The first-order chi connectivity index (χ1) is 14.7. The third-order valence-electron chi connectivity index (χ3n) is 4.73. The number of halogens is 3. The van der Waals surface area contributed by atoms with Crippen LogP contribution in [-0.4, -0.2) is 59.9 Å². The van der Waals surface area contributed by atoms with E-state index >= 15 is 0 Å². The van der Waals surface area contributed by atoms with Gasteiger partial charge in [-0.05, 0) is 24.3 Å². The third-order valence-corrected chi connectivity index (χ3v) is 4.73. The lowest BCUT2D eigenvalue weighted by atomic mass is 10.2. The Morgan fingerprint density at radius 1 is 1.19 bits per heavy atom. The first-order valence-corrected chi connectivity index (χ1v) is 9.37. The second kappa shape index (κ2) is 8.30. The van der Waals surface area contributed by atoms with E-state index in [1.165, 1.54) is 24.4 Å². The molecule has 31 heavy (non-hydrogen) atoms. The van der Waals surface area contributed by atoms with E-state index in [2.05, 4.69) is 20.0 Å². The number of aromatic nitrogens is 2. The predicted octanol–water partition coefficient (Wildman–Crippen LogP) is 2.18. The highest BCUT2D eigenvalue weighted by Crippen LogP contribution is 2.26. The van der Waals surface area contributed by atoms with Crippen LogP contribution < -0.4 is 20.7 Å². The Kier molecular flexibility index (Phi) is 5.55. The summed E-state index contributed by atoms with van der Waals surface area (Å²) in [6, 6.07) is 7.22. The molecule has 0 unspecified atom stereocenters. The van der Waals surface area contributed by atoms with Gasteiger partial charge in [0.05, 0.1) is 18.4 Å². The SMILES string of the molecule is O=C(CN1CCN(c2ccc(OC(F)(F)F)cc2)CC1)Nc1cnc2[nH]c(=O)oc2c1. The van der Waals surface area contributed by atoms with Crippen molar-refractivity contribution in [3.05, 3.63) is 47.1 Å². The number of benzene rings is 1. The van der Waals surface area contributed by atoms with Crippen molar-refractivity contribution in [2.45, 2.75) is 6.36 Å². The standard InChI is InChI=1S/C19H18F3N5O4/c20-19(21,22)31-14-3-1-13(2-4-14)27-7-5-26(6-8-27)11-16(28)24-12-9-15-17(23-10-12)25-18(29)30-15/h1-4,9-10H,5-8,11H2,(H,24,28)(H,23,25,29). The molecule has 0 aliphatic carbocycles. The van der Waals surface area contributed by atoms with Crippen molar-refractivity contribution < 1.29 is 27.1 Å². The number of piperazine rings is 1. The van der Waals surface area contributed by atoms with Crippen LogP contribution in [0, 0.1) is 0 Å². The van der Waals surface area contributed by atoms with Crippen molar-refractivity contribution in [3.63, 3.8) is 0 Å². The van der Waals surface area contributed by atoms with E-state index in [1.54, 1.807) is 12.1 Å². The molecule has 2 N–H and O–H groups in total. The number of amides is 1. The Morgan fingerprint density at radius 2 is 1.90 bits per heavy atom. The highest BCUT2D eigenvalue weighted by atomic mass is 19.4. The van der Waals surface area contributed by atoms with E-state index in [0.29, 0.717) is 37.5 Å². The maximum absolute atomic E-state index is 12.3. The fraction of sp³-hybridized carbons (Fsp3) is 0.316. The molecule has 2 aromatic heterocycles. The summed E-state index contributed by atoms with van der Waals surface area (Å²) in [6.07, 6.45) is -3.29. The molecule has 12 heteroatoms. The van der Waals surface area contributed by atoms with Gasteiger partial charge in [0.1, 0.15) is 5.75 Å². The highest BCUT2D eigenvalue weighted by molar-refractivity contribution is 5.93. The van der Waals surface area contributed by atoms with Crippen molar-refractivity contribution in [1.82, 2.24) is 14.9 Å². The lowest BCUT2D eigenvalue weighted by Gasteiger charge is -2.35. The van der Waals surface area contributed by atoms with Crippen molar-refractivity contribution >= 4 is 28.5 Å². The number of hydrogen-bond acceptors (Lipinski definition) is 7. The van der Waals surface area contributed by atoms with Gasteiger partial charge in [0.2, 0.25) is 5.91 Å². The number of anilines is 2. The smallest absolute Gasteiger partial charge is 0.406 e. The predicted molar refractivity (Wildman–Crippen MR) is 105 cm³/mol. The zero-order chi connectivity index (χ0) is 22.0. The van der Waals surface area contributed by atoms with Crippen LogP contribution in [0.25, 0.3) is 11.2 Å². The molecular formula is C19H18F3N5O4. The van der Waals surface area contributed by atoms with Gasteiger partial charge in [-0.25, -0.2) is 9.78 Å². The molecule has 0 bridgehead atoms. The van der Waals surface area contributed by atoms with Gasteiger partial charge in [-0.15, -0.1) is 13.2 Å². The molecule has 0 atom stereocenters. The fourth-order valence-electron chi connectivity index (χ4n) is 3.33. The van der Waals surface area contributed by atoms with Gasteiger partial charge < -0.3 is 19.4 Å². The van der Waals surface area contributed by atoms with Crippen molar-refractivity contribution in [1.29, 1.82) is 0 Å². The van der Waals surface area contributed by atoms with Crippen LogP contribution in [0.2, 0.25) is 0 Å². The molecule has 1 aromatic carbocycles. The molecule has 9 nitrogen and oxygen atoms in total. The quantitative estimate of drug-likeness (QED) is 0.631. The maximum Gasteiger partial charge on any atom is 0.573 e. The van der Waals surface area contributed by atoms with Crippen LogP contribution in [0.3, 0.4) is 0 Å². The number of H-pyrrole nitrogens is 1. The first-order valence-electron chi connectivity index (χ1n) is 9.37. The number of fused-ring (bicyclic) bond motifs is 1. The van der Waals surface area contributed by atoms with E-state index in [-0.39, 0.29) is 23.8 Å². The minimum atomic E-state index is -4.72. The number of alkyl halides is 3. The highest BCUT2D eigenvalue weighted by Gasteiger charge is 2.31. The van der Waals surface area contributed by atoms with E-state index in [9.17, 15) is 22.8 Å². The number of nitrogens with zero attached hydrogens (tertiary/aromatic N) is 3. The first kappa shape index (κ1) is 20.7. The van der Waals surface area contributed by atoms with E-state index in [0.717, 1.165) is 5.69 Å². The number of oxazole rings is 1. The van der Waals surface area contributed by atoms with Gasteiger partial charge in [0.25, 0.3) is 0 Å². The fourth-order valence-corrected chi connectivity index (χ4v) is 3.33. The van der Waals surface area contributed by atoms with Crippen molar-refractivity contribution in [2.75, 3.05) is 42.9 Å². The number of hydrogen-bond donors (Lipinski definition) is 2. The summed E-state index contributed by atoms with van der Waals surface area (Å²) in [5.41, 5.74) is 1.76. The molecule has 1 saturated heterocycles. The Bertz CT molecular complexity index is 1120.